The fourth-order valence-electron chi connectivity index (χ4n) is 10.0. The lowest BCUT2D eigenvalue weighted by Crippen LogP contribution is -2.12. The van der Waals surface area contributed by atoms with Gasteiger partial charge in [-0.2, -0.15) is 0 Å². The number of rotatable bonds is 9. The van der Waals surface area contributed by atoms with E-state index in [1.165, 1.54) is 66.0 Å². The van der Waals surface area contributed by atoms with Gasteiger partial charge in [-0.1, -0.05) is 212 Å². The summed E-state index contributed by atoms with van der Waals surface area (Å²) in [5.74, 6) is 0. The maximum atomic E-state index is 2.47. The summed E-state index contributed by atoms with van der Waals surface area (Å²) in [6, 6.07) is 96.9. The molecule has 0 aliphatic rings. The predicted octanol–water partition coefficient (Wildman–Crippen LogP) is 17.7. The van der Waals surface area contributed by atoms with Crippen molar-refractivity contribution in [3.05, 3.63) is 267 Å². The first-order valence-electron chi connectivity index (χ1n) is 22.7. The normalized spacial score (nSPS) is 11.3. The molecule has 0 saturated carbocycles. The molecular formula is C64H44N2. The summed E-state index contributed by atoms with van der Waals surface area (Å²) >= 11 is 0. The number of fused-ring (bicyclic) bond motifs is 4. The molecule has 310 valence electrons. The lowest BCUT2D eigenvalue weighted by atomic mass is 9.90. The SMILES string of the molecule is c1ccc(-c2ccc(N(c3ccc(-c4cccc5c4c4ccccc4n5-c4ccccc4)cc3)c3ccccc3-c3cccc4cccc(-c5ccccc5)c34)c(-c3ccccc3)c2)cc1. The van der Waals surface area contributed by atoms with Crippen LogP contribution in [0.4, 0.5) is 17.1 Å². The van der Waals surface area contributed by atoms with E-state index in [-0.39, 0.29) is 0 Å². The minimum absolute atomic E-state index is 1.07. The Morgan fingerprint density at radius 3 is 1.47 bits per heavy atom. The Kier molecular flexibility index (Phi) is 9.89. The summed E-state index contributed by atoms with van der Waals surface area (Å²) in [5, 5.41) is 4.93. The van der Waals surface area contributed by atoms with Gasteiger partial charge >= 0.3 is 0 Å². The molecular weight excluding hydrogens is 797 g/mol. The number of anilines is 3. The molecule has 0 aliphatic carbocycles. The highest BCUT2D eigenvalue weighted by Gasteiger charge is 2.23. The van der Waals surface area contributed by atoms with Crippen molar-refractivity contribution in [3.8, 4) is 61.3 Å². The smallest absolute Gasteiger partial charge is 0.0547 e. The first-order chi connectivity index (χ1) is 32.8. The van der Waals surface area contributed by atoms with E-state index >= 15 is 0 Å². The van der Waals surface area contributed by atoms with Crippen molar-refractivity contribution in [2.45, 2.75) is 0 Å². The molecule has 1 heterocycles. The van der Waals surface area contributed by atoms with Crippen molar-refractivity contribution >= 4 is 49.6 Å². The second-order valence-corrected chi connectivity index (χ2v) is 16.8. The fraction of sp³-hybridized carbons (Fsp3) is 0. The Morgan fingerprint density at radius 1 is 0.273 bits per heavy atom. The van der Waals surface area contributed by atoms with Crippen LogP contribution in [-0.2, 0) is 0 Å². The van der Waals surface area contributed by atoms with Gasteiger partial charge in [0.2, 0.25) is 0 Å². The van der Waals surface area contributed by atoms with E-state index in [2.05, 4.69) is 276 Å². The molecule has 0 fully saturated rings. The second kappa shape index (κ2) is 16.8. The third-order valence-corrected chi connectivity index (χ3v) is 13.0. The maximum Gasteiger partial charge on any atom is 0.0547 e. The van der Waals surface area contributed by atoms with Crippen molar-refractivity contribution in [2.24, 2.45) is 0 Å². The molecule has 2 heteroatoms. The zero-order valence-corrected chi connectivity index (χ0v) is 36.3. The molecule has 12 rings (SSSR count). The molecule has 0 N–H and O–H groups in total. The van der Waals surface area contributed by atoms with Crippen molar-refractivity contribution in [3.63, 3.8) is 0 Å². The van der Waals surface area contributed by atoms with Crippen LogP contribution in [0.3, 0.4) is 0 Å². The van der Waals surface area contributed by atoms with E-state index in [0.29, 0.717) is 0 Å². The molecule has 0 unspecified atom stereocenters. The van der Waals surface area contributed by atoms with E-state index in [0.717, 1.165) is 45.0 Å². The zero-order valence-electron chi connectivity index (χ0n) is 36.3. The van der Waals surface area contributed by atoms with E-state index in [4.69, 9.17) is 0 Å². The van der Waals surface area contributed by atoms with Gasteiger partial charge < -0.3 is 9.47 Å². The lowest BCUT2D eigenvalue weighted by Gasteiger charge is -2.31. The van der Waals surface area contributed by atoms with Gasteiger partial charge in [0.25, 0.3) is 0 Å². The fourth-order valence-corrected chi connectivity index (χ4v) is 10.0. The zero-order chi connectivity index (χ0) is 43.8. The standard InChI is InChI=1S/C64H44N2/c1-5-20-45(21-6-1)50-40-43-61(58(44-50)47-24-9-3-10-25-47)65(59-35-15-13-30-55(59)56-34-18-27-49-26-17-32-53(63(49)56)46-22-7-2-8-23-46)52-41-38-48(39-42-52)54-33-19-37-62-64(54)57-31-14-16-36-60(57)66(62)51-28-11-4-12-29-51/h1-44H. The van der Waals surface area contributed by atoms with Crippen LogP contribution < -0.4 is 4.90 Å². The summed E-state index contributed by atoms with van der Waals surface area (Å²) in [4.78, 5) is 2.47. The highest BCUT2D eigenvalue weighted by Crippen LogP contribution is 2.48. The van der Waals surface area contributed by atoms with Crippen LogP contribution in [0.5, 0.6) is 0 Å². The van der Waals surface area contributed by atoms with E-state index < -0.39 is 0 Å². The minimum atomic E-state index is 1.07. The lowest BCUT2D eigenvalue weighted by molar-refractivity contribution is 1.18. The van der Waals surface area contributed by atoms with Crippen molar-refractivity contribution < 1.29 is 0 Å². The molecule has 2 nitrogen and oxygen atoms in total. The van der Waals surface area contributed by atoms with Gasteiger partial charge in [0.05, 0.1) is 22.4 Å². The molecule has 0 bridgehead atoms. The third-order valence-electron chi connectivity index (χ3n) is 13.0. The number of hydrogen-bond donors (Lipinski definition) is 0. The number of nitrogens with zero attached hydrogens (tertiary/aromatic N) is 2. The molecule has 66 heavy (non-hydrogen) atoms. The molecule has 1 aromatic heterocycles. The van der Waals surface area contributed by atoms with Crippen LogP contribution in [0.25, 0.3) is 93.9 Å². The third kappa shape index (κ3) is 6.84. The van der Waals surface area contributed by atoms with Gasteiger partial charge in [0.1, 0.15) is 0 Å². The summed E-state index contributed by atoms with van der Waals surface area (Å²) in [6.07, 6.45) is 0. The van der Waals surface area contributed by atoms with Gasteiger partial charge in [0, 0.05) is 33.3 Å². The minimum Gasteiger partial charge on any atom is -0.309 e. The van der Waals surface area contributed by atoms with Gasteiger partial charge in [0.15, 0.2) is 0 Å². The van der Waals surface area contributed by atoms with Crippen LogP contribution in [-0.4, -0.2) is 4.57 Å². The van der Waals surface area contributed by atoms with Crippen LogP contribution in [0.15, 0.2) is 267 Å². The Labute approximate surface area is 385 Å². The quantitative estimate of drug-likeness (QED) is 0.141. The van der Waals surface area contributed by atoms with Crippen LogP contribution in [0.2, 0.25) is 0 Å². The van der Waals surface area contributed by atoms with E-state index in [1.54, 1.807) is 0 Å². The monoisotopic (exact) mass is 840 g/mol. The maximum absolute atomic E-state index is 2.47. The molecule has 0 radical (unpaired) electrons. The van der Waals surface area contributed by atoms with Crippen LogP contribution >= 0.6 is 0 Å². The summed E-state index contributed by atoms with van der Waals surface area (Å²) in [5.41, 5.74) is 18.6. The first kappa shape index (κ1) is 38.9. The highest BCUT2D eigenvalue weighted by molar-refractivity contribution is 6.16. The molecule has 0 aliphatic heterocycles. The topological polar surface area (TPSA) is 8.17 Å². The van der Waals surface area contributed by atoms with Crippen molar-refractivity contribution in [2.75, 3.05) is 4.90 Å². The Balaban J connectivity index is 1.09. The molecule has 12 aromatic rings. The van der Waals surface area contributed by atoms with E-state index in [9.17, 15) is 0 Å². The van der Waals surface area contributed by atoms with Crippen LogP contribution in [0.1, 0.15) is 0 Å². The average molecular weight is 841 g/mol. The number of para-hydroxylation sites is 3. The van der Waals surface area contributed by atoms with Gasteiger partial charge in [-0.25, -0.2) is 0 Å². The van der Waals surface area contributed by atoms with Crippen molar-refractivity contribution in [1.29, 1.82) is 0 Å². The molecule has 0 saturated heterocycles. The Bertz CT molecular complexity index is 3660. The second-order valence-electron chi connectivity index (χ2n) is 16.8. The summed E-state index contributed by atoms with van der Waals surface area (Å²) in [6.45, 7) is 0. The number of hydrogen-bond acceptors (Lipinski definition) is 1. The van der Waals surface area contributed by atoms with E-state index in [1.807, 2.05) is 0 Å². The largest absolute Gasteiger partial charge is 0.309 e. The van der Waals surface area contributed by atoms with Crippen LogP contribution in [0, 0.1) is 0 Å². The summed E-state index contributed by atoms with van der Waals surface area (Å²) in [7, 11) is 0. The van der Waals surface area contributed by atoms with Crippen molar-refractivity contribution in [1.82, 2.24) is 4.57 Å². The van der Waals surface area contributed by atoms with Gasteiger partial charge in [-0.05, 0) is 110 Å². The predicted molar refractivity (Wildman–Crippen MR) is 280 cm³/mol. The average Bonchev–Trinajstić information content (AvgIpc) is 3.74. The molecule has 0 atom stereocenters. The number of benzene rings is 11. The van der Waals surface area contributed by atoms with Gasteiger partial charge in [-0.15, -0.1) is 0 Å². The first-order valence-corrected chi connectivity index (χ1v) is 22.7. The molecule has 0 spiro atoms. The number of aromatic nitrogens is 1. The summed E-state index contributed by atoms with van der Waals surface area (Å²) < 4.78 is 2.39. The molecule has 0 amide bonds. The molecule has 11 aromatic carbocycles. The Hall–Kier alpha value is -8.72. The Morgan fingerprint density at radius 2 is 0.758 bits per heavy atom. The van der Waals surface area contributed by atoms with Gasteiger partial charge in [-0.3, -0.25) is 0 Å². The highest BCUT2D eigenvalue weighted by atomic mass is 15.1.